The monoisotopic (exact) mass is 513 g/mol. The van der Waals surface area contributed by atoms with Crippen LogP contribution in [0, 0.1) is 0 Å². The highest BCUT2D eigenvalue weighted by Crippen LogP contribution is 2.42. The van der Waals surface area contributed by atoms with Gasteiger partial charge >= 0.3 is 0 Å². The Morgan fingerprint density at radius 3 is 2.74 bits per heavy atom. The quantitative estimate of drug-likeness (QED) is 0.606. The van der Waals surface area contributed by atoms with Gasteiger partial charge in [0.05, 0.1) is 17.9 Å². The van der Waals surface area contributed by atoms with Gasteiger partial charge in [-0.3, -0.25) is 19.5 Å². The third-order valence-electron chi connectivity index (χ3n) is 7.31. The van der Waals surface area contributed by atoms with Crippen LogP contribution in [0.15, 0.2) is 12.3 Å². The number of aromatic nitrogens is 1. The Labute approximate surface area is 213 Å². The van der Waals surface area contributed by atoms with Crippen LogP contribution in [0.3, 0.4) is 0 Å². The molecule has 4 rings (SSSR count). The number of likely N-dealkylation sites (tertiary alicyclic amines) is 1. The van der Waals surface area contributed by atoms with E-state index in [4.69, 9.17) is 0 Å². The van der Waals surface area contributed by atoms with Crippen molar-refractivity contribution in [3.63, 3.8) is 0 Å². The summed E-state index contributed by atoms with van der Waals surface area (Å²) in [5.41, 5.74) is 0.633. The molecule has 2 atom stereocenters. The molecule has 0 unspecified atom stereocenters. The number of pyridine rings is 1. The molecule has 2 fully saturated rings. The van der Waals surface area contributed by atoms with Crippen LogP contribution < -0.4 is 10.2 Å². The number of hydrogen-bond donors (Lipinski definition) is 1. The smallest absolute Gasteiger partial charge is 0.274 e. The lowest BCUT2D eigenvalue weighted by Crippen LogP contribution is -2.60. The van der Waals surface area contributed by atoms with Gasteiger partial charge in [0.1, 0.15) is 0 Å². The lowest BCUT2D eigenvalue weighted by atomic mass is 9.91. The molecule has 0 saturated carbocycles. The number of amides is 2. The van der Waals surface area contributed by atoms with E-state index in [1.807, 2.05) is 18.7 Å². The normalized spacial score (nSPS) is 24.5. The van der Waals surface area contributed by atoms with Crippen molar-refractivity contribution < 1.29 is 18.4 Å². The first-order chi connectivity index (χ1) is 16.0. The van der Waals surface area contributed by atoms with E-state index < -0.39 is 11.3 Å². The summed E-state index contributed by atoms with van der Waals surface area (Å²) in [6.07, 6.45) is 2.85. The zero-order chi connectivity index (χ0) is 24.7. The largest absolute Gasteiger partial charge is 0.341 e. The SMILES string of the molecule is CCCC(F)(F)c1cnc2c(c1)N(C(=O)CN1C[C@@H](C)NC[C@@H]1CN1CCCC1=O)CC2(C)C.Cl. The molecule has 1 N–H and O–H groups in total. The van der Waals surface area contributed by atoms with Gasteiger partial charge in [-0.25, -0.2) is 8.78 Å². The number of fused-ring (bicyclic) bond motifs is 1. The zero-order valence-electron chi connectivity index (χ0n) is 21.1. The van der Waals surface area contributed by atoms with Crippen molar-refractivity contribution in [3.05, 3.63) is 23.5 Å². The first kappa shape index (κ1) is 27.7. The summed E-state index contributed by atoms with van der Waals surface area (Å²) in [4.78, 5) is 35.8. The molecule has 35 heavy (non-hydrogen) atoms. The van der Waals surface area contributed by atoms with Crippen LogP contribution in [-0.2, 0) is 20.9 Å². The van der Waals surface area contributed by atoms with E-state index in [0.717, 1.165) is 13.0 Å². The minimum absolute atomic E-state index is 0. The number of anilines is 1. The standard InChI is InChI=1S/C25H37F2N5O2.ClH/c1-5-8-25(26,27)18-10-20-23(29-11-18)24(3,4)16-32(20)22(34)15-31-13-17(2)28-12-19(31)14-30-9-6-7-21(30)33;/h10-11,17,19,28H,5-9,12-16H2,1-4H3;1H/t17-,19-;/m1./s1. The zero-order valence-corrected chi connectivity index (χ0v) is 22.0. The molecule has 2 amide bonds. The molecule has 1 aromatic heterocycles. The van der Waals surface area contributed by atoms with E-state index in [1.165, 1.54) is 12.3 Å². The van der Waals surface area contributed by atoms with Crippen molar-refractivity contribution in [3.8, 4) is 0 Å². The molecule has 2 saturated heterocycles. The number of rotatable bonds is 7. The highest BCUT2D eigenvalue weighted by Gasteiger charge is 2.42. The number of alkyl halides is 2. The van der Waals surface area contributed by atoms with Gasteiger partial charge in [0.15, 0.2) is 0 Å². The number of hydrogen-bond acceptors (Lipinski definition) is 5. The average molecular weight is 514 g/mol. The number of carbonyl (C=O) groups excluding carboxylic acids is 2. The second kappa shape index (κ2) is 10.6. The Morgan fingerprint density at radius 1 is 1.34 bits per heavy atom. The number of nitrogens with zero attached hydrogens (tertiary/aromatic N) is 4. The molecular weight excluding hydrogens is 476 g/mol. The van der Waals surface area contributed by atoms with Crippen molar-refractivity contribution in [2.75, 3.05) is 44.2 Å². The molecule has 3 aliphatic heterocycles. The van der Waals surface area contributed by atoms with Crippen molar-refractivity contribution in [1.82, 2.24) is 20.1 Å². The van der Waals surface area contributed by atoms with Crippen LogP contribution in [0.25, 0.3) is 0 Å². The van der Waals surface area contributed by atoms with E-state index in [2.05, 4.69) is 22.1 Å². The molecular formula is C25H38ClF2N5O2. The number of piperazine rings is 1. The molecule has 1 aromatic rings. The van der Waals surface area contributed by atoms with Gasteiger partial charge in [-0.15, -0.1) is 12.4 Å². The molecule has 10 heteroatoms. The van der Waals surface area contributed by atoms with Gasteiger partial charge < -0.3 is 15.1 Å². The Balaban J connectivity index is 0.00000342. The van der Waals surface area contributed by atoms with E-state index in [0.29, 0.717) is 50.4 Å². The average Bonchev–Trinajstić information content (AvgIpc) is 3.29. The Bertz CT molecular complexity index is 944. The molecule has 0 spiro atoms. The molecule has 7 nitrogen and oxygen atoms in total. The minimum atomic E-state index is -2.97. The van der Waals surface area contributed by atoms with Crippen LogP contribution in [0.5, 0.6) is 0 Å². The number of carbonyl (C=O) groups is 2. The summed E-state index contributed by atoms with van der Waals surface area (Å²) in [6.45, 7) is 11.1. The third kappa shape index (κ3) is 5.78. The molecule has 0 bridgehead atoms. The van der Waals surface area contributed by atoms with Crippen LogP contribution in [-0.4, -0.2) is 78.0 Å². The summed E-state index contributed by atoms with van der Waals surface area (Å²) >= 11 is 0. The molecule has 0 aliphatic carbocycles. The van der Waals surface area contributed by atoms with Crippen LogP contribution >= 0.6 is 12.4 Å². The molecule has 0 aromatic carbocycles. The van der Waals surface area contributed by atoms with Crippen molar-refractivity contribution in [1.29, 1.82) is 0 Å². The predicted molar refractivity (Wildman–Crippen MR) is 134 cm³/mol. The van der Waals surface area contributed by atoms with Crippen LogP contribution in [0.4, 0.5) is 14.5 Å². The maximum absolute atomic E-state index is 14.6. The Morgan fingerprint density at radius 2 is 2.09 bits per heavy atom. The summed E-state index contributed by atoms with van der Waals surface area (Å²) in [5.74, 6) is -2.91. The first-order valence-electron chi connectivity index (χ1n) is 12.5. The predicted octanol–water partition coefficient (Wildman–Crippen LogP) is 3.30. The lowest BCUT2D eigenvalue weighted by molar-refractivity contribution is -0.128. The maximum atomic E-state index is 14.6. The van der Waals surface area contributed by atoms with Gasteiger partial charge in [0.2, 0.25) is 11.8 Å². The summed E-state index contributed by atoms with van der Waals surface area (Å²) in [6, 6.07) is 1.73. The maximum Gasteiger partial charge on any atom is 0.274 e. The van der Waals surface area contributed by atoms with E-state index in [9.17, 15) is 18.4 Å². The summed E-state index contributed by atoms with van der Waals surface area (Å²) < 4.78 is 29.3. The van der Waals surface area contributed by atoms with Gasteiger partial charge in [-0.05, 0) is 19.4 Å². The van der Waals surface area contributed by atoms with E-state index in [-0.39, 0.29) is 54.8 Å². The highest BCUT2D eigenvalue weighted by molar-refractivity contribution is 5.97. The topological polar surface area (TPSA) is 68.8 Å². The lowest BCUT2D eigenvalue weighted by Gasteiger charge is -2.41. The van der Waals surface area contributed by atoms with Gasteiger partial charge in [0.25, 0.3) is 5.92 Å². The fraction of sp³-hybridized carbons (Fsp3) is 0.720. The summed E-state index contributed by atoms with van der Waals surface area (Å²) in [5, 5.41) is 3.46. The molecule has 4 heterocycles. The fourth-order valence-electron chi connectivity index (χ4n) is 5.43. The second-order valence-electron chi connectivity index (χ2n) is 10.7. The fourth-order valence-corrected chi connectivity index (χ4v) is 5.43. The first-order valence-corrected chi connectivity index (χ1v) is 12.5. The molecule has 196 valence electrons. The van der Waals surface area contributed by atoms with E-state index >= 15 is 0 Å². The van der Waals surface area contributed by atoms with Crippen molar-refractivity contribution in [2.45, 2.75) is 76.8 Å². The van der Waals surface area contributed by atoms with Gasteiger partial charge in [-0.1, -0.05) is 27.2 Å². The number of nitrogens with one attached hydrogen (secondary N) is 1. The molecule has 3 aliphatic rings. The Hall–Kier alpha value is -1.84. The molecule has 0 radical (unpaired) electrons. The minimum Gasteiger partial charge on any atom is -0.341 e. The summed E-state index contributed by atoms with van der Waals surface area (Å²) in [7, 11) is 0. The van der Waals surface area contributed by atoms with E-state index in [1.54, 1.807) is 11.8 Å². The van der Waals surface area contributed by atoms with Crippen molar-refractivity contribution in [2.24, 2.45) is 0 Å². The van der Waals surface area contributed by atoms with Gasteiger partial charge in [0, 0.05) is 74.8 Å². The van der Waals surface area contributed by atoms with Crippen molar-refractivity contribution >= 4 is 29.9 Å². The number of halogens is 3. The highest BCUT2D eigenvalue weighted by atomic mass is 35.5. The second-order valence-corrected chi connectivity index (χ2v) is 10.7. The third-order valence-corrected chi connectivity index (χ3v) is 7.31. The van der Waals surface area contributed by atoms with Gasteiger partial charge in [-0.2, -0.15) is 0 Å². The Kier molecular flexibility index (Phi) is 8.44. The van der Waals surface area contributed by atoms with Crippen LogP contribution in [0.1, 0.15) is 64.6 Å². The van der Waals surface area contributed by atoms with Crippen LogP contribution in [0.2, 0.25) is 0 Å².